The fraction of sp³-hybridized carbons (Fsp3) is 0.458. The van der Waals surface area contributed by atoms with Crippen LogP contribution in [0, 0.1) is 12.3 Å². The Kier molecular flexibility index (Phi) is 5.65. The summed E-state index contributed by atoms with van der Waals surface area (Å²) in [6, 6.07) is 8.62. The minimum Gasteiger partial charge on any atom is -0.385 e. The van der Waals surface area contributed by atoms with Gasteiger partial charge in [0.2, 0.25) is 5.91 Å². The molecule has 1 aliphatic carbocycles. The molecule has 2 N–H and O–H groups in total. The molecule has 4 rings (SSSR count). The van der Waals surface area contributed by atoms with Crippen LogP contribution in [0.2, 0.25) is 0 Å². The highest BCUT2D eigenvalue weighted by Crippen LogP contribution is 2.27. The van der Waals surface area contributed by atoms with E-state index in [1.807, 2.05) is 30.2 Å². The molecule has 1 aliphatic heterocycles. The standard InChI is InChI=1S/C24H30N4O/c1-16-13-18-7-6-10-20(21(18)14-26-16)24(25)22-15-28(17(2)29)12-11-23(22)27-19-8-4-3-5-9-19/h6-7,10,13-14,19,25,27H,3-5,8-9,11-12,15H2,1-2H3. The highest BCUT2D eigenvalue weighted by Gasteiger charge is 2.26. The highest BCUT2D eigenvalue weighted by atomic mass is 16.2. The number of aromatic nitrogens is 1. The van der Waals surface area contributed by atoms with E-state index in [0.717, 1.165) is 46.3 Å². The van der Waals surface area contributed by atoms with E-state index in [9.17, 15) is 4.79 Å². The van der Waals surface area contributed by atoms with Gasteiger partial charge in [-0.3, -0.25) is 15.2 Å². The van der Waals surface area contributed by atoms with Crippen LogP contribution in [0.1, 0.15) is 56.7 Å². The summed E-state index contributed by atoms with van der Waals surface area (Å²) in [7, 11) is 0. The van der Waals surface area contributed by atoms with Crippen LogP contribution in [-0.4, -0.2) is 40.6 Å². The van der Waals surface area contributed by atoms with Crippen molar-refractivity contribution in [2.24, 2.45) is 0 Å². The first kappa shape index (κ1) is 19.6. The van der Waals surface area contributed by atoms with Crippen molar-refractivity contribution in [3.63, 3.8) is 0 Å². The van der Waals surface area contributed by atoms with Gasteiger partial charge in [0.1, 0.15) is 0 Å². The van der Waals surface area contributed by atoms with Crippen molar-refractivity contribution in [1.29, 1.82) is 5.41 Å². The van der Waals surface area contributed by atoms with Crippen LogP contribution >= 0.6 is 0 Å². The summed E-state index contributed by atoms with van der Waals surface area (Å²) in [5.74, 6) is 0.0715. The Labute approximate surface area is 172 Å². The second-order valence-electron chi connectivity index (χ2n) is 8.35. The van der Waals surface area contributed by atoms with Gasteiger partial charge in [-0.2, -0.15) is 0 Å². The van der Waals surface area contributed by atoms with Crippen LogP contribution in [0.4, 0.5) is 0 Å². The summed E-state index contributed by atoms with van der Waals surface area (Å²) in [6.07, 6.45) is 8.90. The summed E-state index contributed by atoms with van der Waals surface area (Å²) in [6.45, 7) is 4.82. The third-order valence-electron chi connectivity index (χ3n) is 6.25. The Bertz CT molecular complexity index is 972. The summed E-state index contributed by atoms with van der Waals surface area (Å²) in [5.41, 5.74) is 4.46. The molecule has 5 heteroatoms. The van der Waals surface area contributed by atoms with Gasteiger partial charge in [0.15, 0.2) is 0 Å². The van der Waals surface area contributed by atoms with Crippen LogP contribution in [0.15, 0.2) is 41.7 Å². The number of aryl methyl sites for hydroxylation is 1. The Morgan fingerprint density at radius 1 is 1.24 bits per heavy atom. The molecule has 2 aromatic rings. The quantitative estimate of drug-likeness (QED) is 0.763. The molecule has 1 fully saturated rings. The van der Waals surface area contributed by atoms with E-state index in [1.54, 1.807) is 6.92 Å². The first-order valence-corrected chi connectivity index (χ1v) is 10.7. The number of carbonyl (C=O) groups excluding carboxylic acids is 1. The second kappa shape index (κ2) is 8.36. The number of benzene rings is 1. The average molecular weight is 391 g/mol. The maximum atomic E-state index is 12.1. The zero-order valence-electron chi connectivity index (χ0n) is 17.4. The first-order chi connectivity index (χ1) is 14.0. The van der Waals surface area contributed by atoms with Crippen LogP contribution in [0.5, 0.6) is 0 Å². The number of nitrogens with one attached hydrogen (secondary N) is 2. The van der Waals surface area contributed by atoms with E-state index in [0.29, 0.717) is 18.3 Å². The summed E-state index contributed by atoms with van der Waals surface area (Å²) in [5, 5.41) is 14.9. The number of nitrogens with zero attached hydrogens (tertiary/aromatic N) is 2. The van der Waals surface area contributed by atoms with E-state index in [1.165, 1.54) is 32.1 Å². The van der Waals surface area contributed by atoms with E-state index in [4.69, 9.17) is 5.41 Å². The molecule has 5 nitrogen and oxygen atoms in total. The molecule has 1 aromatic heterocycles. The van der Waals surface area contributed by atoms with Crippen molar-refractivity contribution < 1.29 is 4.79 Å². The van der Waals surface area contributed by atoms with Gasteiger partial charge in [-0.15, -0.1) is 0 Å². The van der Waals surface area contributed by atoms with Gasteiger partial charge in [-0.1, -0.05) is 37.5 Å². The summed E-state index contributed by atoms with van der Waals surface area (Å²) >= 11 is 0. The maximum absolute atomic E-state index is 12.1. The van der Waals surface area contributed by atoms with Gasteiger partial charge < -0.3 is 10.2 Å². The Morgan fingerprint density at radius 2 is 2.03 bits per heavy atom. The number of pyridine rings is 1. The normalized spacial score (nSPS) is 18.2. The molecule has 152 valence electrons. The predicted octanol–water partition coefficient (Wildman–Crippen LogP) is 4.34. The van der Waals surface area contributed by atoms with Crippen molar-refractivity contribution in [3.05, 3.63) is 53.0 Å². The first-order valence-electron chi connectivity index (χ1n) is 10.7. The van der Waals surface area contributed by atoms with Gasteiger partial charge in [-0.05, 0) is 31.2 Å². The molecule has 29 heavy (non-hydrogen) atoms. The Hall–Kier alpha value is -2.69. The minimum absolute atomic E-state index is 0.0715. The van der Waals surface area contributed by atoms with Crippen molar-refractivity contribution in [3.8, 4) is 0 Å². The molecule has 1 amide bonds. The number of hydrogen-bond acceptors (Lipinski definition) is 4. The molecule has 2 aliphatic rings. The van der Waals surface area contributed by atoms with Crippen LogP contribution in [0.25, 0.3) is 10.8 Å². The highest BCUT2D eigenvalue weighted by molar-refractivity contribution is 6.18. The molecule has 1 aromatic carbocycles. The summed E-state index contributed by atoms with van der Waals surface area (Å²) in [4.78, 5) is 18.4. The van der Waals surface area contributed by atoms with Crippen molar-refractivity contribution in [1.82, 2.24) is 15.2 Å². The number of amides is 1. The SMILES string of the molecule is CC(=O)N1CCC(NC2CCCCC2)=C(C(=N)c2cccc3cc(C)ncc23)C1. The molecule has 0 radical (unpaired) electrons. The van der Waals surface area contributed by atoms with E-state index < -0.39 is 0 Å². The lowest BCUT2D eigenvalue weighted by molar-refractivity contribution is -0.128. The van der Waals surface area contributed by atoms with Gasteiger partial charge in [0.25, 0.3) is 0 Å². The maximum Gasteiger partial charge on any atom is 0.219 e. The minimum atomic E-state index is 0.0715. The Balaban J connectivity index is 1.72. The number of fused-ring (bicyclic) bond motifs is 1. The van der Waals surface area contributed by atoms with Crippen molar-refractivity contribution in [2.75, 3.05) is 13.1 Å². The van der Waals surface area contributed by atoms with Gasteiger partial charge in [0.05, 0.1) is 5.71 Å². The number of rotatable bonds is 4. The lowest BCUT2D eigenvalue weighted by Crippen LogP contribution is -2.42. The van der Waals surface area contributed by atoms with E-state index >= 15 is 0 Å². The number of hydrogen-bond donors (Lipinski definition) is 2. The van der Waals surface area contributed by atoms with Gasteiger partial charge in [-0.25, -0.2) is 0 Å². The fourth-order valence-corrected chi connectivity index (χ4v) is 4.58. The van der Waals surface area contributed by atoms with Crippen molar-refractivity contribution in [2.45, 2.75) is 58.4 Å². The summed E-state index contributed by atoms with van der Waals surface area (Å²) < 4.78 is 0. The third-order valence-corrected chi connectivity index (χ3v) is 6.25. The molecule has 0 saturated heterocycles. The molecule has 0 unspecified atom stereocenters. The topological polar surface area (TPSA) is 69.1 Å². The van der Waals surface area contributed by atoms with Gasteiger partial charge >= 0.3 is 0 Å². The second-order valence-corrected chi connectivity index (χ2v) is 8.35. The predicted molar refractivity (Wildman–Crippen MR) is 117 cm³/mol. The van der Waals surface area contributed by atoms with Gasteiger partial charge in [0, 0.05) is 66.6 Å². The molecule has 1 saturated carbocycles. The van der Waals surface area contributed by atoms with Crippen LogP contribution in [0.3, 0.4) is 0 Å². The zero-order valence-corrected chi connectivity index (χ0v) is 17.4. The smallest absolute Gasteiger partial charge is 0.219 e. The molecule has 0 bridgehead atoms. The largest absolute Gasteiger partial charge is 0.385 e. The van der Waals surface area contributed by atoms with Crippen LogP contribution in [-0.2, 0) is 4.79 Å². The molecule has 2 heterocycles. The van der Waals surface area contributed by atoms with Crippen molar-refractivity contribution >= 4 is 22.4 Å². The van der Waals surface area contributed by atoms with E-state index in [-0.39, 0.29) is 5.91 Å². The Morgan fingerprint density at radius 3 is 2.79 bits per heavy atom. The van der Waals surface area contributed by atoms with Crippen LogP contribution < -0.4 is 5.32 Å². The lowest BCUT2D eigenvalue weighted by Gasteiger charge is -2.34. The average Bonchev–Trinajstić information content (AvgIpc) is 2.73. The molecule has 0 spiro atoms. The van der Waals surface area contributed by atoms with E-state index in [2.05, 4.69) is 22.4 Å². The monoisotopic (exact) mass is 390 g/mol. The molecule has 0 atom stereocenters. The number of carbonyl (C=O) groups is 1. The fourth-order valence-electron chi connectivity index (χ4n) is 4.58. The third kappa shape index (κ3) is 4.19. The lowest BCUT2D eigenvalue weighted by atomic mass is 9.91. The zero-order chi connectivity index (χ0) is 20.4. The molecular weight excluding hydrogens is 360 g/mol. The molecular formula is C24H30N4O.